The number of hydrogen-bond donors (Lipinski definition) is 2. The van der Waals surface area contributed by atoms with Crippen molar-refractivity contribution in [1.29, 1.82) is 0 Å². The average Bonchev–Trinajstić information content (AvgIpc) is 2.47. The van der Waals surface area contributed by atoms with Crippen molar-refractivity contribution in [2.24, 2.45) is 0 Å². The number of nitrogens with zero attached hydrogens (tertiary/aromatic N) is 2. The fraction of sp³-hybridized carbons (Fsp3) is 0.0667. The Morgan fingerprint density at radius 2 is 2.05 bits per heavy atom. The molecule has 0 fully saturated rings. The van der Waals surface area contributed by atoms with Crippen molar-refractivity contribution in [2.75, 3.05) is 5.32 Å². The minimum Gasteiger partial charge on any atom is -0.508 e. The third-order valence-corrected chi connectivity index (χ3v) is 3.55. The van der Waals surface area contributed by atoms with E-state index in [2.05, 4.69) is 31.2 Å². The number of nitrogens with one attached hydrogen (secondary N) is 1. The Hall–Kier alpha value is -2.14. The van der Waals surface area contributed by atoms with Gasteiger partial charge >= 0.3 is 0 Å². The molecule has 0 saturated carbocycles. The van der Waals surface area contributed by atoms with Crippen molar-refractivity contribution in [3.05, 3.63) is 58.8 Å². The van der Waals surface area contributed by atoms with Crippen LogP contribution in [0.25, 0.3) is 10.9 Å². The lowest BCUT2D eigenvalue weighted by atomic mass is 10.2. The molecular weight excluding hydrogens is 318 g/mol. The molecule has 3 aromatic rings. The quantitative estimate of drug-likeness (QED) is 0.769. The van der Waals surface area contributed by atoms with Gasteiger partial charge in [0.25, 0.3) is 0 Å². The largest absolute Gasteiger partial charge is 0.508 e. The van der Waals surface area contributed by atoms with Gasteiger partial charge in [-0.3, -0.25) is 4.98 Å². The molecule has 3 rings (SSSR count). The molecule has 2 aromatic heterocycles. The number of aromatic hydroxyl groups is 1. The molecule has 0 amide bonds. The van der Waals surface area contributed by atoms with E-state index in [9.17, 15) is 5.11 Å². The van der Waals surface area contributed by atoms with Gasteiger partial charge in [-0.2, -0.15) is 0 Å². The zero-order valence-corrected chi connectivity index (χ0v) is 12.1. The second kappa shape index (κ2) is 5.46. The Bertz CT molecular complexity index is 761. The van der Waals surface area contributed by atoms with Gasteiger partial charge in [0, 0.05) is 24.3 Å². The number of halogens is 1. The lowest BCUT2D eigenvalue weighted by Crippen LogP contribution is -2.02. The molecule has 0 radical (unpaired) electrons. The molecule has 1 aromatic carbocycles. The van der Waals surface area contributed by atoms with Crippen LogP contribution >= 0.6 is 15.9 Å². The molecule has 0 aliphatic carbocycles. The summed E-state index contributed by atoms with van der Waals surface area (Å²) in [5.74, 6) is 1.04. The average molecular weight is 330 g/mol. The summed E-state index contributed by atoms with van der Waals surface area (Å²) in [6, 6.07) is 11.0. The first-order valence-corrected chi connectivity index (χ1v) is 6.94. The van der Waals surface area contributed by atoms with E-state index in [1.54, 1.807) is 24.5 Å². The summed E-state index contributed by atoms with van der Waals surface area (Å²) < 4.78 is 0.871. The molecule has 0 spiro atoms. The van der Waals surface area contributed by atoms with Crippen LogP contribution in [-0.4, -0.2) is 15.1 Å². The van der Waals surface area contributed by atoms with Crippen LogP contribution in [0.3, 0.4) is 0 Å². The van der Waals surface area contributed by atoms with Crippen LogP contribution in [0.1, 0.15) is 5.56 Å². The first-order chi connectivity index (χ1) is 9.74. The van der Waals surface area contributed by atoms with Gasteiger partial charge in [-0.05, 0) is 45.8 Å². The highest BCUT2D eigenvalue weighted by Crippen LogP contribution is 2.26. The zero-order valence-electron chi connectivity index (χ0n) is 10.5. The third kappa shape index (κ3) is 2.58. The van der Waals surface area contributed by atoms with Crippen LogP contribution in [0.4, 0.5) is 5.82 Å². The fourth-order valence-corrected chi connectivity index (χ4v) is 2.45. The monoisotopic (exact) mass is 329 g/mol. The van der Waals surface area contributed by atoms with E-state index in [1.165, 1.54) is 0 Å². The maximum Gasteiger partial charge on any atom is 0.135 e. The summed E-state index contributed by atoms with van der Waals surface area (Å²) in [4.78, 5) is 8.73. The number of benzene rings is 1. The van der Waals surface area contributed by atoms with E-state index in [4.69, 9.17) is 0 Å². The van der Waals surface area contributed by atoms with Crippen LogP contribution in [-0.2, 0) is 6.54 Å². The smallest absolute Gasteiger partial charge is 0.135 e. The van der Waals surface area contributed by atoms with Crippen molar-refractivity contribution in [3.63, 3.8) is 0 Å². The van der Waals surface area contributed by atoms with E-state index in [0.717, 1.165) is 26.8 Å². The number of phenols is 1. The molecule has 100 valence electrons. The van der Waals surface area contributed by atoms with Crippen LogP contribution in [0.15, 0.2) is 53.3 Å². The van der Waals surface area contributed by atoms with E-state index >= 15 is 0 Å². The Balaban J connectivity index is 1.90. The maximum absolute atomic E-state index is 9.46. The predicted octanol–water partition coefficient (Wildman–Crippen LogP) is 3.71. The van der Waals surface area contributed by atoms with Gasteiger partial charge in [-0.25, -0.2) is 4.98 Å². The molecule has 2 heterocycles. The normalized spacial score (nSPS) is 10.7. The molecule has 5 heteroatoms. The highest BCUT2D eigenvalue weighted by atomic mass is 79.9. The molecule has 4 nitrogen and oxygen atoms in total. The highest BCUT2D eigenvalue weighted by molar-refractivity contribution is 9.10. The second-order valence-electron chi connectivity index (χ2n) is 4.38. The molecule has 20 heavy (non-hydrogen) atoms. The van der Waals surface area contributed by atoms with Gasteiger partial charge in [-0.1, -0.05) is 12.1 Å². The molecule has 0 atom stereocenters. The van der Waals surface area contributed by atoms with Gasteiger partial charge in [0.05, 0.1) is 9.99 Å². The molecule has 2 N–H and O–H groups in total. The standard InChI is InChI=1S/C15H12BrN3O/c16-13-9-19-15(12-5-2-6-17-14(12)13)18-8-10-3-1-4-11(20)7-10/h1-7,9,20H,8H2,(H,18,19). The SMILES string of the molecule is Oc1cccc(CNc2ncc(Br)c3ncccc23)c1. The van der Waals surface area contributed by atoms with Gasteiger partial charge < -0.3 is 10.4 Å². The Morgan fingerprint density at radius 1 is 1.15 bits per heavy atom. The van der Waals surface area contributed by atoms with Crippen molar-refractivity contribution in [1.82, 2.24) is 9.97 Å². The molecule has 0 saturated heterocycles. The van der Waals surface area contributed by atoms with Gasteiger partial charge in [0.2, 0.25) is 0 Å². The number of aromatic nitrogens is 2. The van der Waals surface area contributed by atoms with Crippen LogP contribution < -0.4 is 5.32 Å². The zero-order chi connectivity index (χ0) is 13.9. The van der Waals surface area contributed by atoms with E-state index in [-0.39, 0.29) is 5.75 Å². The number of hydrogen-bond acceptors (Lipinski definition) is 4. The Morgan fingerprint density at radius 3 is 2.90 bits per heavy atom. The molecule has 0 aliphatic heterocycles. The van der Waals surface area contributed by atoms with Gasteiger partial charge in [-0.15, -0.1) is 0 Å². The summed E-state index contributed by atoms with van der Waals surface area (Å²) in [5.41, 5.74) is 1.87. The van der Waals surface area contributed by atoms with Crippen molar-refractivity contribution in [2.45, 2.75) is 6.54 Å². The molecule has 0 unspecified atom stereocenters. The molecule has 0 aliphatic rings. The fourth-order valence-electron chi connectivity index (χ4n) is 2.03. The summed E-state index contributed by atoms with van der Waals surface area (Å²) in [6.07, 6.45) is 3.49. The number of phenolic OH excluding ortho intramolecular Hbond substituents is 1. The summed E-state index contributed by atoms with van der Waals surface area (Å²) >= 11 is 3.45. The van der Waals surface area contributed by atoms with Crippen molar-refractivity contribution in [3.8, 4) is 5.75 Å². The minimum absolute atomic E-state index is 0.264. The Labute approximate surface area is 124 Å². The molecule has 0 bridgehead atoms. The molecular formula is C15H12BrN3O. The lowest BCUT2D eigenvalue weighted by molar-refractivity contribution is 0.474. The maximum atomic E-state index is 9.46. The van der Waals surface area contributed by atoms with Gasteiger partial charge in [0.1, 0.15) is 11.6 Å². The van der Waals surface area contributed by atoms with E-state index < -0.39 is 0 Å². The van der Waals surface area contributed by atoms with Crippen molar-refractivity contribution >= 4 is 32.7 Å². The third-order valence-electron chi connectivity index (χ3n) is 2.97. The first-order valence-electron chi connectivity index (χ1n) is 6.15. The summed E-state index contributed by atoms with van der Waals surface area (Å²) in [6.45, 7) is 0.590. The van der Waals surface area contributed by atoms with Crippen LogP contribution in [0, 0.1) is 0 Å². The number of rotatable bonds is 3. The summed E-state index contributed by atoms with van der Waals surface area (Å²) in [7, 11) is 0. The number of pyridine rings is 2. The minimum atomic E-state index is 0.264. The van der Waals surface area contributed by atoms with Gasteiger partial charge in [0.15, 0.2) is 0 Å². The highest BCUT2D eigenvalue weighted by Gasteiger charge is 2.06. The van der Waals surface area contributed by atoms with E-state index in [0.29, 0.717) is 6.54 Å². The van der Waals surface area contributed by atoms with Crippen LogP contribution in [0.5, 0.6) is 5.75 Å². The number of fused-ring (bicyclic) bond motifs is 1. The van der Waals surface area contributed by atoms with Crippen molar-refractivity contribution < 1.29 is 5.11 Å². The Kier molecular flexibility index (Phi) is 3.52. The first kappa shape index (κ1) is 12.9. The number of anilines is 1. The van der Waals surface area contributed by atoms with E-state index in [1.807, 2.05) is 24.3 Å². The second-order valence-corrected chi connectivity index (χ2v) is 5.23. The van der Waals surface area contributed by atoms with Crippen LogP contribution in [0.2, 0.25) is 0 Å². The predicted molar refractivity (Wildman–Crippen MR) is 82.7 cm³/mol. The topological polar surface area (TPSA) is 58.0 Å². The summed E-state index contributed by atoms with van der Waals surface area (Å²) in [5, 5.41) is 13.7. The lowest BCUT2D eigenvalue weighted by Gasteiger charge is -2.09.